The molecule has 8 heteroatoms. The van der Waals surface area contributed by atoms with E-state index in [1.165, 1.54) is 18.4 Å². The summed E-state index contributed by atoms with van der Waals surface area (Å²) in [6.07, 6.45) is 2.03. The number of alkyl halides is 2. The summed E-state index contributed by atoms with van der Waals surface area (Å²) < 4.78 is 46.3. The smallest absolute Gasteiger partial charge is 0.387 e. The second-order valence-corrected chi connectivity index (χ2v) is 6.47. The molecule has 0 radical (unpaired) electrons. The van der Waals surface area contributed by atoms with Crippen LogP contribution >= 0.6 is 0 Å². The maximum Gasteiger partial charge on any atom is 0.387 e. The number of nitrogens with zero attached hydrogens (tertiary/aromatic N) is 1. The third kappa shape index (κ3) is 5.81. The number of para-hydroxylation sites is 1. The molecule has 2 aromatic carbocycles. The molecule has 31 heavy (non-hydrogen) atoms. The van der Waals surface area contributed by atoms with Gasteiger partial charge in [-0.05, 0) is 44.2 Å². The summed E-state index contributed by atoms with van der Waals surface area (Å²) in [5.41, 5.74) is 1.55. The fourth-order valence-electron chi connectivity index (χ4n) is 3.01. The van der Waals surface area contributed by atoms with Crippen molar-refractivity contribution < 1.29 is 32.2 Å². The second kappa shape index (κ2) is 10.6. The van der Waals surface area contributed by atoms with Crippen LogP contribution in [-0.4, -0.2) is 30.6 Å². The number of aryl methyl sites for hydroxylation is 1. The van der Waals surface area contributed by atoms with Gasteiger partial charge in [0.2, 0.25) is 5.89 Å². The van der Waals surface area contributed by atoms with Crippen LogP contribution in [0, 0.1) is 0 Å². The monoisotopic (exact) mass is 431 g/mol. The summed E-state index contributed by atoms with van der Waals surface area (Å²) in [5, 5.41) is 0. The van der Waals surface area contributed by atoms with Crippen molar-refractivity contribution in [3.63, 3.8) is 0 Å². The predicted molar refractivity (Wildman–Crippen MR) is 110 cm³/mol. The Morgan fingerprint density at radius 1 is 1.03 bits per heavy atom. The largest absolute Gasteiger partial charge is 0.493 e. The van der Waals surface area contributed by atoms with Crippen molar-refractivity contribution in [1.82, 2.24) is 4.98 Å². The number of ketones is 1. The summed E-state index contributed by atoms with van der Waals surface area (Å²) in [6.45, 7) is 1.39. The Hall–Kier alpha value is -3.42. The molecule has 1 aromatic heterocycles. The number of ether oxygens (including phenoxy) is 3. The topological polar surface area (TPSA) is 70.8 Å². The van der Waals surface area contributed by atoms with Gasteiger partial charge in [0, 0.05) is 18.4 Å². The first-order chi connectivity index (χ1) is 15.0. The number of carbonyl (C=O) groups excluding carboxylic acids is 1. The van der Waals surface area contributed by atoms with Gasteiger partial charge in [0.15, 0.2) is 17.3 Å². The maximum absolute atomic E-state index is 12.7. The highest BCUT2D eigenvalue weighted by molar-refractivity contribution is 5.98. The van der Waals surface area contributed by atoms with Crippen LogP contribution in [0.2, 0.25) is 0 Å². The number of oxazole rings is 1. The summed E-state index contributed by atoms with van der Waals surface area (Å²) in [6, 6.07) is 11.6. The number of hydrogen-bond acceptors (Lipinski definition) is 6. The molecule has 0 fully saturated rings. The molecule has 0 aliphatic carbocycles. The van der Waals surface area contributed by atoms with Gasteiger partial charge in [-0.2, -0.15) is 8.78 Å². The average Bonchev–Trinajstić information content (AvgIpc) is 3.23. The van der Waals surface area contributed by atoms with Gasteiger partial charge in [0.05, 0.1) is 24.5 Å². The molecule has 0 atom stereocenters. The Kier molecular flexibility index (Phi) is 7.59. The minimum Gasteiger partial charge on any atom is -0.493 e. The lowest BCUT2D eigenvalue weighted by molar-refractivity contribution is -0.0514. The van der Waals surface area contributed by atoms with E-state index in [2.05, 4.69) is 9.72 Å². The van der Waals surface area contributed by atoms with Gasteiger partial charge < -0.3 is 18.6 Å². The average molecular weight is 431 g/mol. The summed E-state index contributed by atoms with van der Waals surface area (Å²) in [4.78, 5) is 17.0. The Balaban J connectivity index is 1.71. The number of Topliss-reactive ketones (excluding diaryl/α,β-unsaturated/α-hetero) is 1. The number of hydrogen-bond donors (Lipinski definition) is 0. The van der Waals surface area contributed by atoms with E-state index in [0.29, 0.717) is 42.2 Å². The quantitative estimate of drug-likeness (QED) is 0.371. The zero-order chi connectivity index (χ0) is 22.2. The lowest BCUT2D eigenvalue weighted by Gasteiger charge is -2.11. The van der Waals surface area contributed by atoms with E-state index in [1.54, 1.807) is 31.2 Å². The van der Waals surface area contributed by atoms with Crippen molar-refractivity contribution in [2.24, 2.45) is 0 Å². The molecule has 6 nitrogen and oxygen atoms in total. The molecular weight excluding hydrogens is 408 g/mol. The van der Waals surface area contributed by atoms with Crippen molar-refractivity contribution in [2.45, 2.75) is 33.3 Å². The highest BCUT2D eigenvalue weighted by Gasteiger charge is 2.16. The maximum atomic E-state index is 12.7. The summed E-state index contributed by atoms with van der Waals surface area (Å²) in [5.74, 6) is 0.826. The fraction of sp³-hybridized carbons (Fsp3) is 0.304. The van der Waals surface area contributed by atoms with Crippen LogP contribution in [0.1, 0.15) is 36.3 Å². The fourth-order valence-corrected chi connectivity index (χ4v) is 3.01. The van der Waals surface area contributed by atoms with Gasteiger partial charge in [-0.25, -0.2) is 4.98 Å². The molecule has 164 valence electrons. The molecule has 0 amide bonds. The van der Waals surface area contributed by atoms with Crippen molar-refractivity contribution in [2.75, 3.05) is 13.2 Å². The number of carbonyl (C=O) groups is 1. The van der Waals surface area contributed by atoms with Crippen LogP contribution in [0.5, 0.6) is 17.2 Å². The van der Waals surface area contributed by atoms with E-state index in [4.69, 9.17) is 13.9 Å². The standard InChI is InChI=1S/C23H23F2NO5/c1-3-28-19-8-6-5-7-17(19)18(27)11-10-16-14-30-22(26-16)15-9-12-20(29-4-2)21(13-15)31-23(24)25/h5-9,12-14,23H,3-4,10-11H2,1-2H3. The van der Waals surface area contributed by atoms with Crippen LogP contribution in [0.25, 0.3) is 11.5 Å². The molecule has 0 N–H and O–H groups in total. The highest BCUT2D eigenvalue weighted by Crippen LogP contribution is 2.33. The molecule has 0 saturated heterocycles. The highest BCUT2D eigenvalue weighted by atomic mass is 19.3. The number of benzene rings is 2. The van der Waals surface area contributed by atoms with Crippen molar-refractivity contribution in [3.05, 3.63) is 60.0 Å². The van der Waals surface area contributed by atoms with E-state index in [9.17, 15) is 13.6 Å². The first-order valence-electron chi connectivity index (χ1n) is 9.93. The number of halogens is 2. The SMILES string of the molecule is CCOc1ccc(-c2nc(CCC(=O)c3ccccc3OCC)co2)cc1OC(F)F. The van der Waals surface area contributed by atoms with Crippen LogP contribution in [0.4, 0.5) is 8.78 Å². The molecule has 0 unspecified atom stereocenters. The first kappa shape index (κ1) is 22.3. The van der Waals surface area contributed by atoms with Crippen LogP contribution in [0.3, 0.4) is 0 Å². The molecule has 3 aromatic rings. The Bertz CT molecular complexity index is 1020. The van der Waals surface area contributed by atoms with Crippen molar-refractivity contribution >= 4 is 5.78 Å². The molecule has 3 rings (SSSR count). The summed E-state index contributed by atoms with van der Waals surface area (Å²) >= 11 is 0. The van der Waals surface area contributed by atoms with Gasteiger partial charge in [-0.3, -0.25) is 4.79 Å². The Morgan fingerprint density at radius 2 is 1.77 bits per heavy atom. The van der Waals surface area contributed by atoms with Gasteiger partial charge in [-0.15, -0.1) is 0 Å². The molecule has 0 spiro atoms. The lowest BCUT2D eigenvalue weighted by atomic mass is 10.0. The van der Waals surface area contributed by atoms with Gasteiger partial charge in [0.1, 0.15) is 12.0 Å². The van der Waals surface area contributed by atoms with E-state index in [0.717, 1.165) is 0 Å². The summed E-state index contributed by atoms with van der Waals surface area (Å²) in [7, 11) is 0. The van der Waals surface area contributed by atoms with E-state index >= 15 is 0 Å². The lowest BCUT2D eigenvalue weighted by Crippen LogP contribution is -2.05. The minimum atomic E-state index is -2.99. The van der Waals surface area contributed by atoms with E-state index < -0.39 is 6.61 Å². The molecule has 1 heterocycles. The minimum absolute atomic E-state index is 0.0673. The number of aromatic nitrogens is 1. The molecule has 0 aliphatic heterocycles. The van der Waals surface area contributed by atoms with Crippen molar-refractivity contribution in [1.29, 1.82) is 0 Å². The predicted octanol–water partition coefficient (Wildman–Crippen LogP) is 5.56. The normalized spacial score (nSPS) is 10.9. The Morgan fingerprint density at radius 3 is 2.52 bits per heavy atom. The van der Waals surface area contributed by atoms with Crippen LogP contribution in [0.15, 0.2) is 53.1 Å². The first-order valence-corrected chi connectivity index (χ1v) is 9.93. The third-order valence-electron chi connectivity index (χ3n) is 4.35. The van der Waals surface area contributed by atoms with Gasteiger partial charge >= 0.3 is 6.61 Å². The van der Waals surface area contributed by atoms with E-state index in [-0.39, 0.29) is 29.6 Å². The molecule has 0 bridgehead atoms. The third-order valence-corrected chi connectivity index (χ3v) is 4.35. The second-order valence-electron chi connectivity index (χ2n) is 6.47. The zero-order valence-corrected chi connectivity index (χ0v) is 17.3. The van der Waals surface area contributed by atoms with E-state index in [1.807, 2.05) is 13.0 Å². The molecular formula is C23H23F2NO5. The van der Waals surface area contributed by atoms with Gasteiger partial charge in [-0.1, -0.05) is 12.1 Å². The number of rotatable bonds is 11. The van der Waals surface area contributed by atoms with Crippen molar-refractivity contribution in [3.8, 4) is 28.7 Å². The Labute approximate surface area is 178 Å². The zero-order valence-electron chi connectivity index (χ0n) is 17.3. The van der Waals surface area contributed by atoms with Crippen LogP contribution < -0.4 is 14.2 Å². The molecule has 0 saturated carbocycles. The van der Waals surface area contributed by atoms with Crippen LogP contribution in [-0.2, 0) is 6.42 Å². The molecule has 0 aliphatic rings. The van der Waals surface area contributed by atoms with Gasteiger partial charge in [0.25, 0.3) is 0 Å².